The van der Waals surface area contributed by atoms with Crippen LogP contribution in [0.3, 0.4) is 0 Å². The molecular weight excluding hydrogens is 368 g/mol. The SMILES string of the molecule is COc1c(OCC2OC2(C)CC2CC(C)(O)C(=O)O2)ccc2ccc(=O)oc12. The molecule has 2 aromatic rings. The fourth-order valence-electron chi connectivity index (χ4n) is 3.65. The second-order valence-corrected chi connectivity index (χ2v) is 7.71. The second kappa shape index (κ2) is 6.49. The zero-order chi connectivity index (χ0) is 20.1. The number of hydrogen-bond donors (Lipinski definition) is 1. The second-order valence-electron chi connectivity index (χ2n) is 7.71. The number of methoxy groups -OCH3 is 1. The van der Waals surface area contributed by atoms with Gasteiger partial charge in [-0.15, -0.1) is 0 Å². The predicted molar refractivity (Wildman–Crippen MR) is 97.5 cm³/mol. The Balaban J connectivity index is 1.42. The average Bonchev–Trinajstić information content (AvgIpc) is 3.19. The molecule has 4 atom stereocenters. The van der Waals surface area contributed by atoms with Gasteiger partial charge < -0.3 is 28.5 Å². The smallest absolute Gasteiger partial charge is 0.338 e. The molecule has 1 aromatic heterocycles. The van der Waals surface area contributed by atoms with E-state index in [9.17, 15) is 14.7 Å². The number of fused-ring (bicyclic) bond motifs is 1. The van der Waals surface area contributed by atoms with Crippen molar-refractivity contribution in [3.63, 3.8) is 0 Å². The van der Waals surface area contributed by atoms with Gasteiger partial charge in [0.05, 0.1) is 12.7 Å². The minimum atomic E-state index is -1.44. The van der Waals surface area contributed by atoms with E-state index >= 15 is 0 Å². The highest BCUT2D eigenvalue weighted by Gasteiger charge is 2.56. The van der Waals surface area contributed by atoms with Crippen LogP contribution in [-0.2, 0) is 14.3 Å². The maximum atomic E-state index is 11.6. The first kappa shape index (κ1) is 18.8. The van der Waals surface area contributed by atoms with Crippen molar-refractivity contribution in [2.75, 3.05) is 13.7 Å². The number of epoxide rings is 1. The molecule has 4 unspecified atom stereocenters. The summed E-state index contributed by atoms with van der Waals surface area (Å²) in [4.78, 5) is 23.1. The largest absolute Gasteiger partial charge is 0.490 e. The quantitative estimate of drug-likeness (QED) is 0.452. The Morgan fingerprint density at radius 2 is 1.96 bits per heavy atom. The standard InChI is InChI=1S/C20H22O8/c1-19(23)8-12(26-18(19)22)9-20(2)14(28-20)10-25-13-6-4-11-5-7-15(21)27-16(11)17(13)24-3/h4-7,12,14,23H,8-10H2,1-3H3. The van der Waals surface area contributed by atoms with E-state index in [4.69, 9.17) is 23.4 Å². The molecule has 0 radical (unpaired) electrons. The molecule has 0 spiro atoms. The van der Waals surface area contributed by atoms with Gasteiger partial charge in [0, 0.05) is 24.3 Å². The number of ether oxygens (including phenoxy) is 4. The van der Waals surface area contributed by atoms with Gasteiger partial charge in [-0.2, -0.15) is 0 Å². The molecule has 2 aliphatic heterocycles. The van der Waals surface area contributed by atoms with Gasteiger partial charge in [0.1, 0.15) is 18.8 Å². The molecule has 150 valence electrons. The summed E-state index contributed by atoms with van der Waals surface area (Å²) in [7, 11) is 1.48. The van der Waals surface area contributed by atoms with Crippen molar-refractivity contribution in [3.05, 3.63) is 34.7 Å². The lowest BCUT2D eigenvalue weighted by molar-refractivity contribution is -0.153. The van der Waals surface area contributed by atoms with Gasteiger partial charge in [0.15, 0.2) is 16.9 Å². The molecule has 2 aliphatic rings. The third-order valence-electron chi connectivity index (χ3n) is 5.31. The highest BCUT2D eigenvalue weighted by atomic mass is 16.6. The van der Waals surface area contributed by atoms with E-state index in [0.29, 0.717) is 23.5 Å². The molecule has 28 heavy (non-hydrogen) atoms. The van der Waals surface area contributed by atoms with E-state index in [0.717, 1.165) is 5.39 Å². The van der Waals surface area contributed by atoms with Crippen LogP contribution < -0.4 is 15.1 Å². The van der Waals surface area contributed by atoms with Crippen LogP contribution in [0, 0.1) is 0 Å². The molecule has 2 fully saturated rings. The van der Waals surface area contributed by atoms with Gasteiger partial charge >= 0.3 is 11.6 Å². The molecule has 3 heterocycles. The number of carbonyl (C=O) groups is 1. The van der Waals surface area contributed by atoms with Gasteiger partial charge in [-0.1, -0.05) is 0 Å². The molecule has 0 aliphatic carbocycles. The third kappa shape index (κ3) is 3.33. The van der Waals surface area contributed by atoms with Gasteiger partial charge in [-0.3, -0.25) is 0 Å². The lowest BCUT2D eigenvalue weighted by Gasteiger charge is -2.14. The van der Waals surface area contributed by atoms with E-state index in [1.54, 1.807) is 18.2 Å². The summed E-state index contributed by atoms with van der Waals surface area (Å²) in [6.45, 7) is 3.63. The van der Waals surface area contributed by atoms with E-state index in [2.05, 4.69) is 0 Å². The molecule has 0 saturated carbocycles. The zero-order valence-corrected chi connectivity index (χ0v) is 15.9. The summed E-state index contributed by atoms with van der Waals surface area (Å²) in [5.41, 5.74) is -2.08. The van der Waals surface area contributed by atoms with E-state index in [1.807, 2.05) is 6.92 Å². The maximum Gasteiger partial charge on any atom is 0.338 e. The Morgan fingerprint density at radius 1 is 1.21 bits per heavy atom. The summed E-state index contributed by atoms with van der Waals surface area (Å²) in [5, 5.41) is 10.7. The number of benzene rings is 1. The summed E-state index contributed by atoms with van der Waals surface area (Å²) in [6.07, 6.45) is 0.143. The molecule has 8 heteroatoms. The highest BCUT2D eigenvalue weighted by Crippen LogP contribution is 2.44. The van der Waals surface area contributed by atoms with Crippen molar-refractivity contribution < 1.29 is 33.3 Å². The van der Waals surface area contributed by atoms with Crippen molar-refractivity contribution >= 4 is 16.9 Å². The Kier molecular flexibility index (Phi) is 4.35. The minimum absolute atomic E-state index is 0.195. The highest BCUT2D eigenvalue weighted by molar-refractivity contribution is 5.85. The molecule has 0 bridgehead atoms. The van der Waals surface area contributed by atoms with Gasteiger partial charge in [0.25, 0.3) is 0 Å². The molecule has 2 saturated heterocycles. The summed E-state index contributed by atoms with van der Waals surface area (Å²) < 4.78 is 27.5. The van der Waals surface area contributed by atoms with Crippen LogP contribution in [0.5, 0.6) is 11.5 Å². The normalized spacial score (nSPS) is 31.6. The first-order valence-corrected chi connectivity index (χ1v) is 9.07. The van der Waals surface area contributed by atoms with Crippen molar-refractivity contribution in [1.29, 1.82) is 0 Å². The molecular formula is C20H22O8. The van der Waals surface area contributed by atoms with Crippen LogP contribution in [0.15, 0.2) is 33.5 Å². The zero-order valence-electron chi connectivity index (χ0n) is 15.9. The van der Waals surface area contributed by atoms with Crippen LogP contribution in [-0.4, -0.2) is 48.2 Å². The van der Waals surface area contributed by atoms with Crippen LogP contribution in [0.4, 0.5) is 0 Å². The Labute approximate surface area is 160 Å². The van der Waals surface area contributed by atoms with Crippen LogP contribution in [0.1, 0.15) is 26.7 Å². The first-order chi connectivity index (χ1) is 13.2. The van der Waals surface area contributed by atoms with Crippen molar-refractivity contribution in [3.8, 4) is 11.5 Å². The Bertz CT molecular complexity index is 978. The van der Waals surface area contributed by atoms with E-state index in [-0.39, 0.29) is 25.2 Å². The number of cyclic esters (lactones) is 1. The molecule has 4 rings (SSSR count). The van der Waals surface area contributed by atoms with Crippen molar-refractivity contribution in [2.45, 2.75) is 50.1 Å². The van der Waals surface area contributed by atoms with Gasteiger partial charge in [0.2, 0.25) is 5.75 Å². The van der Waals surface area contributed by atoms with Gasteiger partial charge in [-0.25, -0.2) is 9.59 Å². The van der Waals surface area contributed by atoms with E-state index < -0.39 is 22.8 Å². The third-order valence-corrected chi connectivity index (χ3v) is 5.31. The lowest BCUT2D eigenvalue weighted by Crippen LogP contribution is -2.29. The van der Waals surface area contributed by atoms with Crippen LogP contribution >= 0.6 is 0 Å². The topological polar surface area (TPSA) is 108 Å². The summed E-state index contributed by atoms with van der Waals surface area (Å²) in [5.74, 6) is 0.188. The minimum Gasteiger partial charge on any atom is -0.490 e. The number of rotatable bonds is 6. The van der Waals surface area contributed by atoms with Crippen LogP contribution in [0.25, 0.3) is 11.0 Å². The number of esters is 1. The monoisotopic (exact) mass is 390 g/mol. The number of hydrogen-bond acceptors (Lipinski definition) is 8. The molecule has 8 nitrogen and oxygen atoms in total. The maximum absolute atomic E-state index is 11.6. The first-order valence-electron chi connectivity index (χ1n) is 9.07. The number of carbonyl (C=O) groups excluding carboxylic acids is 1. The lowest BCUT2D eigenvalue weighted by atomic mass is 9.94. The van der Waals surface area contributed by atoms with Crippen molar-refractivity contribution in [1.82, 2.24) is 0 Å². The van der Waals surface area contributed by atoms with E-state index in [1.165, 1.54) is 20.1 Å². The fraction of sp³-hybridized carbons (Fsp3) is 0.500. The Morgan fingerprint density at radius 3 is 2.64 bits per heavy atom. The number of aliphatic hydroxyl groups is 1. The Hall–Kier alpha value is -2.58. The molecule has 1 aromatic carbocycles. The summed E-state index contributed by atoms with van der Waals surface area (Å²) in [6, 6.07) is 6.53. The summed E-state index contributed by atoms with van der Waals surface area (Å²) >= 11 is 0. The fourth-order valence-corrected chi connectivity index (χ4v) is 3.65. The average molecular weight is 390 g/mol. The van der Waals surface area contributed by atoms with Crippen LogP contribution in [0.2, 0.25) is 0 Å². The molecule has 1 N–H and O–H groups in total. The predicted octanol–water partition coefficient (Wildman–Crippen LogP) is 1.79. The van der Waals surface area contributed by atoms with Gasteiger partial charge in [-0.05, 0) is 32.0 Å². The van der Waals surface area contributed by atoms with Crippen molar-refractivity contribution in [2.24, 2.45) is 0 Å². The molecule has 0 amide bonds.